The molecule has 0 spiro atoms. The van der Waals surface area contributed by atoms with Gasteiger partial charge in [-0.3, -0.25) is 9.59 Å². The van der Waals surface area contributed by atoms with Gasteiger partial charge in [-0.2, -0.15) is 0 Å². The van der Waals surface area contributed by atoms with Crippen LogP contribution in [-0.2, 0) is 9.59 Å². The molecule has 0 aromatic heterocycles. The molecule has 0 unspecified atom stereocenters. The van der Waals surface area contributed by atoms with Crippen LogP contribution in [0.3, 0.4) is 0 Å². The van der Waals surface area contributed by atoms with Crippen LogP contribution in [0.1, 0.15) is 17.9 Å². The molecule has 2 aliphatic rings. The average Bonchev–Trinajstić information content (AvgIpc) is 2.60. The third-order valence-corrected chi connectivity index (χ3v) is 4.29. The van der Waals surface area contributed by atoms with Crippen LogP contribution in [-0.4, -0.2) is 25.0 Å². The summed E-state index contributed by atoms with van der Waals surface area (Å²) >= 11 is 0. The van der Waals surface area contributed by atoms with Gasteiger partial charge in [0.25, 0.3) is 0 Å². The van der Waals surface area contributed by atoms with E-state index in [0.717, 1.165) is 16.9 Å². The number of fused-ring (bicyclic) bond motifs is 2. The summed E-state index contributed by atoms with van der Waals surface area (Å²) in [6.45, 7) is 0.958. The number of benzene rings is 2. The molecule has 2 heterocycles. The van der Waals surface area contributed by atoms with Crippen LogP contribution >= 0.6 is 0 Å². The van der Waals surface area contributed by atoms with Crippen molar-refractivity contribution in [3.8, 4) is 5.75 Å². The fraction of sp³-hybridized carbons (Fsp3) is 0.222. The van der Waals surface area contributed by atoms with Crippen molar-refractivity contribution in [2.24, 2.45) is 0 Å². The van der Waals surface area contributed by atoms with Crippen LogP contribution in [0.25, 0.3) is 0 Å². The number of anilines is 2. The van der Waals surface area contributed by atoms with Crippen LogP contribution in [0.2, 0.25) is 0 Å². The van der Waals surface area contributed by atoms with Crippen LogP contribution < -0.4 is 15.0 Å². The zero-order valence-electron chi connectivity index (χ0n) is 12.5. The summed E-state index contributed by atoms with van der Waals surface area (Å²) in [6.07, 6.45) is 0.176. The van der Waals surface area contributed by atoms with E-state index < -0.39 is 5.92 Å². The molecule has 1 atom stereocenters. The van der Waals surface area contributed by atoms with E-state index in [0.29, 0.717) is 18.9 Å². The second kappa shape index (κ2) is 5.43. The Balaban J connectivity index is 1.72. The molecule has 116 valence electrons. The number of nitrogens with zero attached hydrogens (tertiary/aromatic N) is 1. The number of hydrogen-bond acceptors (Lipinski definition) is 3. The van der Waals surface area contributed by atoms with E-state index in [-0.39, 0.29) is 18.2 Å². The third kappa shape index (κ3) is 2.34. The van der Waals surface area contributed by atoms with Gasteiger partial charge in [0.15, 0.2) is 0 Å². The first-order valence-electron chi connectivity index (χ1n) is 7.66. The van der Waals surface area contributed by atoms with Gasteiger partial charge in [0.2, 0.25) is 11.8 Å². The van der Waals surface area contributed by atoms with Gasteiger partial charge < -0.3 is 15.0 Å². The first-order valence-corrected chi connectivity index (χ1v) is 7.66. The maximum atomic E-state index is 13.1. The fourth-order valence-electron chi connectivity index (χ4n) is 3.22. The lowest BCUT2D eigenvalue weighted by molar-refractivity contribution is -0.124. The number of carbonyl (C=O) groups excluding carboxylic acids is 2. The average molecular weight is 308 g/mol. The molecule has 0 saturated heterocycles. The van der Waals surface area contributed by atoms with Gasteiger partial charge >= 0.3 is 0 Å². The minimum atomic E-state index is -0.453. The summed E-state index contributed by atoms with van der Waals surface area (Å²) in [4.78, 5) is 26.8. The van der Waals surface area contributed by atoms with Crippen molar-refractivity contribution in [3.63, 3.8) is 0 Å². The van der Waals surface area contributed by atoms with E-state index in [1.807, 2.05) is 48.5 Å². The SMILES string of the molecule is O=C1C[C@@H](C(=O)N2CCOc3ccccc32)c2ccccc2N1. The molecule has 0 saturated carbocycles. The molecule has 2 aromatic carbocycles. The Morgan fingerprint density at radius 3 is 2.83 bits per heavy atom. The van der Waals surface area contributed by atoms with E-state index in [2.05, 4.69) is 5.32 Å². The molecule has 23 heavy (non-hydrogen) atoms. The largest absolute Gasteiger partial charge is 0.490 e. The number of nitrogens with one attached hydrogen (secondary N) is 1. The Labute approximate surface area is 133 Å². The first-order chi connectivity index (χ1) is 11.2. The first kappa shape index (κ1) is 13.8. The molecule has 2 aliphatic heterocycles. The maximum absolute atomic E-state index is 13.1. The minimum absolute atomic E-state index is 0.0527. The van der Waals surface area contributed by atoms with Crippen LogP contribution in [0.15, 0.2) is 48.5 Å². The summed E-state index contributed by atoms with van der Waals surface area (Å²) in [5.74, 6) is 0.0818. The Morgan fingerprint density at radius 1 is 1.13 bits per heavy atom. The minimum Gasteiger partial charge on any atom is -0.490 e. The van der Waals surface area contributed by atoms with Crippen LogP contribution in [0.4, 0.5) is 11.4 Å². The lowest BCUT2D eigenvalue weighted by Gasteiger charge is -2.34. The molecule has 2 aromatic rings. The van der Waals surface area contributed by atoms with Crippen LogP contribution in [0, 0.1) is 0 Å². The molecule has 1 N–H and O–H groups in total. The van der Waals surface area contributed by atoms with Crippen molar-refractivity contribution in [1.29, 1.82) is 0 Å². The summed E-state index contributed by atoms with van der Waals surface area (Å²) < 4.78 is 5.61. The van der Waals surface area contributed by atoms with Gasteiger partial charge in [-0.05, 0) is 23.8 Å². The van der Waals surface area contributed by atoms with Crippen molar-refractivity contribution in [2.45, 2.75) is 12.3 Å². The van der Waals surface area contributed by atoms with E-state index in [1.165, 1.54) is 0 Å². The number of ether oxygens (including phenoxy) is 1. The monoisotopic (exact) mass is 308 g/mol. The molecule has 2 amide bonds. The summed E-state index contributed by atoms with van der Waals surface area (Å²) in [6, 6.07) is 15.0. The zero-order valence-corrected chi connectivity index (χ0v) is 12.5. The van der Waals surface area contributed by atoms with Crippen LogP contribution in [0.5, 0.6) is 5.75 Å². The highest BCUT2D eigenvalue weighted by Crippen LogP contribution is 2.37. The Kier molecular flexibility index (Phi) is 3.26. The van der Waals surface area contributed by atoms with E-state index >= 15 is 0 Å². The van der Waals surface area contributed by atoms with Crippen molar-refractivity contribution >= 4 is 23.2 Å². The van der Waals surface area contributed by atoms with Crippen molar-refractivity contribution in [2.75, 3.05) is 23.4 Å². The second-order valence-corrected chi connectivity index (χ2v) is 5.70. The number of amides is 2. The number of hydrogen-bond donors (Lipinski definition) is 1. The normalized spacial score (nSPS) is 19.2. The van der Waals surface area contributed by atoms with Gasteiger partial charge in [0.05, 0.1) is 18.2 Å². The van der Waals surface area contributed by atoms with Crippen molar-refractivity contribution in [1.82, 2.24) is 0 Å². The lowest BCUT2D eigenvalue weighted by Crippen LogP contribution is -2.42. The van der Waals surface area contributed by atoms with Gasteiger partial charge in [0.1, 0.15) is 12.4 Å². The van der Waals surface area contributed by atoms with E-state index in [4.69, 9.17) is 4.74 Å². The quantitative estimate of drug-likeness (QED) is 0.881. The topological polar surface area (TPSA) is 58.6 Å². The summed E-state index contributed by atoms with van der Waals surface area (Å²) in [7, 11) is 0. The predicted molar refractivity (Wildman–Crippen MR) is 86.7 cm³/mol. The van der Waals surface area contributed by atoms with E-state index in [9.17, 15) is 9.59 Å². The molecule has 0 radical (unpaired) electrons. The van der Waals surface area contributed by atoms with Gasteiger partial charge in [-0.1, -0.05) is 30.3 Å². The standard InChI is InChI=1S/C18H16N2O3/c21-17-11-13(12-5-1-2-6-14(12)19-17)18(22)20-9-10-23-16-8-4-3-7-15(16)20/h1-8,13H,9-11H2,(H,19,21)/t13-/m1/s1. The smallest absolute Gasteiger partial charge is 0.235 e. The Bertz CT molecular complexity index is 787. The van der Waals surface area contributed by atoms with E-state index in [1.54, 1.807) is 4.90 Å². The second-order valence-electron chi connectivity index (χ2n) is 5.70. The molecule has 0 bridgehead atoms. The van der Waals surface area contributed by atoms with Gasteiger partial charge in [-0.15, -0.1) is 0 Å². The number of carbonyl (C=O) groups is 2. The molecule has 5 heteroatoms. The molecule has 5 nitrogen and oxygen atoms in total. The predicted octanol–water partition coefficient (Wildman–Crippen LogP) is 2.54. The Morgan fingerprint density at radius 2 is 1.91 bits per heavy atom. The third-order valence-electron chi connectivity index (χ3n) is 4.29. The zero-order chi connectivity index (χ0) is 15.8. The number of rotatable bonds is 1. The van der Waals surface area contributed by atoms with Crippen molar-refractivity contribution in [3.05, 3.63) is 54.1 Å². The van der Waals surface area contributed by atoms with Gasteiger partial charge in [-0.25, -0.2) is 0 Å². The van der Waals surface area contributed by atoms with Crippen molar-refractivity contribution < 1.29 is 14.3 Å². The molecular formula is C18H16N2O3. The highest BCUT2D eigenvalue weighted by molar-refractivity contribution is 6.06. The molecule has 4 rings (SSSR count). The Hall–Kier alpha value is -2.82. The van der Waals surface area contributed by atoms with Gasteiger partial charge in [0, 0.05) is 12.1 Å². The fourth-order valence-corrected chi connectivity index (χ4v) is 3.22. The summed E-state index contributed by atoms with van der Waals surface area (Å²) in [5, 5.41) is 2.83. The lowest BCUT2D eigenvalue weighted by atomic mass is 9.89. The maximum Gasteiger partial charge on any atom is 0.235 e. The molecule has 0 fully saturated rings. The highest BCUT2D eigenvalue weighted by atomic mass is 16.5. The number of para-hydroxylation sites is 3. The summed E-state index contributed by atoms with van der Waals surface area (Å²) in [5.41, 5.74) is 2.37. The highest BCUT2D eigenvalue weighted by Gasteiger charge is 2.35. The molecular weight excluding hydrogens is 292 g/mol. The molecule has 0 aliphatic carbocycles.